The molecule has 2 aromatic rings. The van der Waals surface area contributed by atoms with Crippen molar-refractivity contribution < 1.29 is 0 Å². The summed E-state index contributed by atoms with van der Waals surface area (Å²) in [6.07, 6.45) is 8.79. The second kappa shape index (κ2) is 4.97. The van der Waals surface area contributed by atoms with E-state index in [0.717, 1.165) is 5.82 Å². The maximum atomic E-state index is 4.54. The first-order chi connectivity index (χ1) is 8.83. The number of imidazole rings is 1. The van der Waals surface area contributed by atoms with Crippen molar-refractivity contribution >= 4 is 0 Å². The van der Waals surface area contributed by atoms with Crippen LogP contribution in [-0.2, 0) is 0 Å². The van der Waals surface area contributed by atoms with E-state index < -0.39 is 0 Å². The minimum Gasteiger partial charge on any atom is -0.342 e. The van der Waals surface area contributed by atoms with Gasteiger partial charge in [0, 0.05) is 23.4 Å². The molecule has 0 atom stereocenters. The molecule has 1 aromatic heterocycles. The summed E-state index contributed by atoms with van der Waals surface area (Å²) in [5, 5.41) is 0. The Balaban J connectivity index is 1.82. The molecule has 1 aliphatic rings. The van der Waals surface area contributed by atoms with Crippen molar-refractivity contribution in [2.45, 2.75) is 44.9 Å². The van der Waals surface area contributed by atoms with Crippen LogP contribution in [0.3, 0.4) is 0 Å². The van der Waals surface area contributed by atoms with Crippen LogP contribution in [0.2, 0.25) is 0 Å². The highest BCUT2D eigenvalue weighted by molar-refractivity contribution is 5.55. The summed E-state index contributed by atoms with van der Waals surface area (Å²) in [4.78, 5) is 8.04. The number of benzene rings is 1. The lowest BCUT2D eigenvalue weighted by atomic mass is 9.87. The van der Waals surface area contributed by atoms with Crippen LogP contribution < -0.4 is 0 Å². The Bertz CT molecular complexity index is 504. The molecular formula is C16H20N2. The van der Waals surface area contributed by atoms with Gasteiger partial charge in [-0.1, -0.05) is 49.1 Å². The predicted octanol–water partition coefficient (Wildman–Crippen LogP) is 4.43. The molecule has 0 bridgehead atoms. The van der Waals surface area contributed by atoms with Gasteiger partial charge in [0.1, 0.15) is 5.82 Å². The Morgan fingerprint density at radius 1 is 1.06 bits per heavy atom. The molecule has 0 spiro atoms. The van der Waals surface area contributed by atoms with Crippen LogP contribution in [0.5, 0.6) is 0 Å². The van der Waals surface area contributed by atoms with Crippen LogP contribution in [-0.4, -0.2) is 9.97 Å². The number of rotatable bonds is 2. The number of H-pyrrole nitrogens is 1. The van der Waals surface area contributed by atoms with Crippen molar-refractivity contribution in [3.63, 3.8) is 0 Å². The second-order valence-electron chi connectivity index (χ2n) is 5.39. The summed E-state index contributed by atoms with van der Waals surface area (Å²) in [5.41, 5.74) is 3.80. The molecule has 3 rings (SSSR count). The number of hydrogen-bond acceptors (Lipinski definition) is 1. The van der Waals surface area contributed by atoms with Gasteiger partial charge in [-0.05, 0) is 19.8 Å². The van der Waals surface area contributed by atoms with Crippen molar-refractivity contribution in [2.75, 3.05) is 0 Å². The van der Waals surface area contributed by atoms with Gasteiger partial charge in [0.2, 0.25) is 0 Å². The van der Waals surface area contributed by atoms with Gasteiger partial charge in [0.05, 0.1) is 0 Å². The summed E-state index contributed by atoms with van der Waals surface area (Å²) in [7, 11) is 0. The number of aromatic nitrogens is 2. The maximum absolute atomic E-state index is 4.54. The monoisotopic (exact) mass is 240 g/mol. The first-order valence-electron chi connectivity index (χ1n) is 6.95. The number of hydrogen-bond donors (Lipinski definition) is 1. The zero-order chi connectivity index (χ0) is 12.4. The molecule has 0 saturated heterocycles. The van der Waals surface area contributed by atoms with Crippen molar-refractivity contribution in [1.82, 2.24) is 9.97 Å². The summed E-state index contributed by atoms with van der Waals surface area (Å²) in [6.45, 7) is 2.11. The minimum absolute atomic E-state index is 0.699. The summed E-state index contributed by atoms with van der Waals surface area (Å²) < 4.78 is 0. The van der Waals surface area contributed by atoms with Gasteiger partial charge in [0.15, 0.2) is 0 Å². The van der Waals surface area contributed by atoms with Gasteiger partial charge in [0.25, 0.3) is 0 Å². The van der Waals surface area contributed by atoms with Gasteiger partial charge in [-0.2, -0.15) is 0 Å². The van der Waals surface area contributed by atoms with E-state index in [1.165, 1.54) is 48.9 Å². The van der Waals surface area contributed by atoms with Gasteiger partial charge in [-0.15, -0.1) is 0 Å². The number of nitrogens with one attached hydrogen (secondary N) is 1. The van der Waals surface area contributed by atoms with E-state index in [0.29, 0.717) is 5.92 Å². The minimum atomic E-state index is 0.699. The van der Waals surface area contributed by atoms with Crippen LogP contribution in [0.25, 0.3) is 11.4 Å². The van der Waals surface area contributed by atoms with Crippen LogP contribution in [0.1, 0.15) is 49.3 Å². The molecule has 1 aromatic carbocycles. The normalized spacial score (nSPS) is 16.9. The molecule has 1 heterocycles. The summed E-state index contributed by atoms with van der Waals surface area (Å²) in [6, 6.07) is 8.55. The Hall–Kier alpha value is -1.57. The molecule has 2 heteroatoms. The maximum Gasteiger partial charge on any atom is 0.137 e. The third kappa shape index (κ3) is 2.33. The predicted molar refractivity (Wildman–Crippen MR) is 74.6 cm³/mol. The molecule has 2 nitrogen and oxygen atoms in total. The van der Waals surface area contributed by atoms with Gasteiger partial charge < -0.3 is 4.98 Å². The smallest absolute Gasteiger partial charge is 0.137 e. The zero-order valence-corrected chi connectivity index (χ0v) is 10.9. The highest BCUT2D eigenvalue weighted by atomic mass is 14.9. The molecule has 94 valence electrons. The van der Waals surface area contributed by atoms with E-state index in [1.807, 2.05) is 6.20 Å². The Morgan fingerprint density at radius 3 is 2.50 bits per heavy atom. The standard InChI is InChI=1S/C16H20N2/c1-12-7-9-14(10-8-12)16-17-11-15(18-16)13-5-3-2-4-6-13/h7-11,13H,2-6H2,1H3,(H,17,18). The molecule has 0 unspecified atom stereocenters. The van der Waals surface area contributed by atoms with Crippen LogP contribution in [0.15, 0.2) is 30.5 Å². The van der Waals surface area contributed by atoms with Crippen molar-refractivity contribution in [2.24, 2.45) is 0 Å². The molecule has 0 radical (unpaired) electrons. The first kappa shape index (κ1) is 11.5. The third-order valence-corrected chi connectivity index (χ3v) is 3.97. The van der Waals surface area contributed by atoms with E-state index in [1.54, 1.807) is 0 Å². The van der Waals surface area contributed by atoms with Crippen LogP contribution in [0, 0.1) is 6.92 Å². The van der Waals surface area contributed by atoms with Crippen molar-refractivity contribution in [3.8, 4) is 11.4 Å². The van der Waals surface area contributed by atoms with Gasteiger partial charge >= 0.3 is 0 Å². The van der Waals surface area contributed by atoms with E-state index in [9.17, 15) is 0 Å². The van der Waals surface area contributed by atoms with Crippen LogP contribution >= 0.6 is 0 Å². The van der Waals surface area contributed by atoms with E-state index in [-0.39, 0.29) is 0 Å². The fourth-order valence-corrected chi connectivity index (χ4v) is 2.81. The topological polar surface area (TPSA) is 28.7 Å². The lowest BCUT2D eigenvalue weighted by Gasteiger charge is -2.19. The van der Waals surface area contributed by atoms with Crippen LogP contribution in [0.4, 0.5) is 0 Å². The molecule has 18 heavy (non-hydrogen) atoms. The lowest BCUT2D eigenvalue weighted by molar-refractivity contribution is 0.438. The molecule has 1 N–H and O–H groups in total. The fraction of sp³-hybridized carbons (Fsp3) is 0.438. The Kier molecular flexibility index (Phi) is 3.18. The highest BCUT2D eigenvalue weighted by Crippen LogP contribution is 2.32. The Labute approximate surface area is 108 Å². The number of aromatic amines is 1. The summed E-state index contributed by atoms with van der Waals surface area (Å²) >= 11 is 0. The largest absolute Gasteiger partial charge is 0.342 e. The third-order valence-electron chi connectivity index (χ3n) is 3.97. The second-order valence-corrected chi connectivity index (χ2v) is 5.39. The SMILES string of the molecule is Cc1ccc(-c2ncc(C3CCCCC3)[nH]2)cc1. The molecule has 0 aliphatic heterocycles. The van der Waals surface area contributed by atoms with E-state index in [4.69, 9.17) is 0 Å². The number of aryl methyl sites for hydroxylation is 1. The van der Waals surface area contributed by atoms with Crippen molar-refractivity contribution in [1.29, 1.82) is 0 Å². The zero-order valence-electron chi connectivity index (χ0n) is 10.9. The molecule has 1 aliphatic carbocycles. The Morgan fingerprint density at radius 2 is 1.78 bits per heavy atom. The van der Waals surface area contributed by atoms with E-state index in [2.05, 4.69) is 41.2 Å². The van der Waals surface area contributed by atoms with E-state index >= 15 is 0 Å². The first-order valence-corrected chi connectivity index (χ1v) is 6.95. The fourth-order valence-electron chi connectivity index (χ4n) is 2.81. The highest BCUT2D eigenvalue weighted by Gasteiger charge is 2.17. The molecule has 1 saturated carbocycles. The quantitative estimate of drug-likeness (QED) is 0.826. The van der Waals surface area contributed by atoms with Gasteiger partial charge in [-0.3, -0.25) is 0 Å². The molecule has 1 fully saturated rings. The molecule has 0 amide bonds. The molecular weight excluding hydrogens is 220 g/mol. The van der Waals surface area contributed by atoms with Gasteiger partial charge in [-0.25, -0.2) is 4.98 Å². The average Bonchev–Trinajstić information content (AvgIpc) is 2.90. The number of nitrogens with zero attached hydrogens (tertiary/aromatic N) is 1. The lowest BCUT2D eigenvalue weighted by Crippen LogP contribution is -2.04. The summed E-state index contributed by atoms with van der Waals surface area (Å²) in [5.74, 6) is 1.71. The van der Waals surface area contributed by atoms with Crippen molar-refractivity contribution in [3.05, 3.63) is 41.7 Å². The average molecular weight is 240 g/mol.